The summed E-state index contributed by atoms with van der Waals surface area (Å²) >= 11 is 1.06. The van der Waals surface area contributed by atoms with Crippen molar-refractivity contribution in [1.82, 2.24) is 14.5 Å². The number of hydrogen-bond acceptors (Lipinski definition) is 6. The molecule has 0 unspecified atom stereocenters. The lowest BCUT2D eigenvalue weighted by Crippen LogP contribution is -2.33. The Bertz CT molecular complexity index is 808. The van der Waals surface area contributed by atoms with Crippen molar-refractivity contribution < 1.29 is 14.6 Å². The fourth-order valence-electron chi connectivity index (χ4n) is 2.86. The van der Waals surface area contributed by atoms with Crippen LogP contribution in [0.5, 0.6) is 0 Å². The average molecular weight is 367 g/mol. The van der Waals surface area contributed by atoms with Crippen LogP contribution in [0, 0.1) is 6.92 Å². The first-order chi connectivity index (χ1) is 11.9. The van der Waals surface area contributed by atoms with Crippen LogP contribution in [0.25, 0.3) is 10.2 Å². The van der Waals surface area contributed by atoms with Crippen molar-refractivity contribution in [2.45, 2.75) is 33.7 Å². The lowest BCUT2D eigenvalue weighted by atomic mass is 10.2. The molecule has 2 rings (SSSR count). The van der Waals surface area contributed by atoms with E-state index in [0.717, 1.165) is 31.0 Å². The second kappa shape index (κ2) is 8.55. The molecule has 2 aromatic rings. The van der Waals surface area contributed by atoms with Gasteiger partial charge >= 0.3 is 5.97 Å². The molecule has 1 N–H and O–H groups in total. The number of ether oxygens (including phenoxy) is 1. The number of aryl methyl sites for hydroxylation is 1. The van der Waals surface area contributed by atoms with Crippen LogP contribution in [0.15, 0.2) is 4.79 Å². The van der Waals surface area contributed by atoms with Crippen LogP contribution in [0.1, 0.15) is 34.9 Å². The molecular weight excluding hydrogens is 342 g/mol. The maximum absolute atomic E-state index is 13.0. The third-order valence-electron chi connectivity index (χ3n) is 4.39. The second-order valence-electron chi connectivity index (χ2n) is 5.80. The standard InChI is InChI=1S/C17H25N3O4S/c1-5-19(6-2)8-9-20-12(7-10-24-4)18-15-13(16(20)21)11(3)14(25-15)17(22)23/h5-10H2,1-4H3,(H,22,23). The number of carboxylic acid groups (broad SMARTS) is 1. The van der Waals surface area contributed by atoms with Gasteiger partial charge in [-0.15, -0.1) is 11.3 Å². The van der Waals surface area contributed by atoms with Crippen molar-refractivity contribution in [3.8, 4) is 0 Å². The van der Waals surface area contributed by atoms with Crippen molar-refractivity contribution in [2.24, 2.45) is 0 Å². The number of nitrogens with zero attached hydrogens (tertiary/aromatic N) is 3. The highest BCUT2D eigenvalue weighted by Gasteiger charge is 2.21. The molecule has 0 saturated heterocycles. The molecule has 0 saturated carbocycles. The highest BCUT2D eigenvalue weighted by molar-refractivity contribution is 7.20. The van der Waals surface area contributed by atoms with Crippen molar-refractivity contribution in [2.75, 3.05) is 33.4 Å². The topological polar surface area (TPSA) is 84.7 Å². The van der Waals surface area contributed by atoms with Gasteiger partial charge < -0.3 is 14.7 Å². The minimum Gasteiger partial charge on any atom is -0.477 e. The summed E-state index contributed by atoms with van der Waals surface area (Å²) in [6, 6.07) is 0. The maximum Gasteiger partial charge on any atom is 0.346 e. The highest BCUT2D eigenvalue weighted by atomic mass is 32.1. The minimum absolute atomic E-state index is 0.162. The molecule has 0 bridgehead atoms. The Labute approximate surface area is 150 Å². The summed E-state index contributed by atoms with van der Waals surface area (Å²) < 4.78 is 6.80. The van der Waals surface area contributed by atoms with Crippen LogP contribution >= 0.6 is 11.3 Å². The lowest BCUT2D eigenvalue weighted by Gasteiger charge is -2.20. The van der Waals surface area contributed by atoms with E-state index in [1.807, 2.05) is 0 Å². The first-order valence-corrected chi connectivity index (χ1v) is 9.23. The van der Waals surface area contributed by atoms with Gasteiger partial charge in [-0.3, -0.25) is 9.36 Å². The van der Waals surface area contributed by atoms with E-state index in [0.29, 0.717) is 41.2 Å². The molecule has 2 heterocycles. The van der Waals surface area contributed by atoms with Gasteiger partial charge in [0.1, 0.15) is 15.5 Å². The van der Waals surface area contributed by atoms with Gasteiger partial charge in [-0.25, -0.2) is 9.78 Å². The molecule has 0 aliphatic heterocycles. The summed E-state index contributed by atoms with van der Waals surface area (Å²) in [7, 11) is 1.61. The van der Waals surface area contributed by atoms with Gasteiger partial charge in [0.2, 0.25) is 0 Å². The van der Waals surface area contributed by atoms with Gasteiger partial charge in [0, 0.05) is 26.6 Å². The van der Waals surface area contributed by atoms with Gasteiger partial charge in [-0.2, -0.15) is 0 Å². The van der Waals surface area contributed by atoms with Crippen molar-refractivity contribution in [3.63, 3.8) is 0 Å². The molecule has 0 amide bonds. The Balaban J connectivity index is 2.55. The zero-order chi connectivity index (χ0) is 18.6. The van der Waals surface area contributed by atoms with Crippen LogP contribution in [-0.4, -0.2) is 58.9 Å². The van der Waals surface area contributed by atoms with Gasteiger partial charge in [0.25, 0.3) is 5.56 Å². The predicted molar refractivity (Wildman–Crippen MR) is 98.9 cm³/mol. The summed E-state index contributed by atoms with van der Waals surface area (Å²) in [6.07, 6.45) is 0.513. The third-order valence-corrected chi connectivity index (χ3v) is 5.56. The molecule has 0 radical (unpaired) electrons. The van der Waals surface area contributed by atoms with E-state index in [1.165, 1.54) is 0 Å². The Morgan fingerprint density at radius 3 is 2.60 bits per heavy atom. The monoisotopic (exact) mass is 367 g/mol. The number of carboxylic acids is 1. The summed E-state index contributed by atoms with van der Waals surface area (Å²) in [5.41, 5.74) is 0.337. The number of aromatic nitrogens is 2. The molecule has 25 heavy (non-hydrogen) atoms. The SMILES string of the molecule is CCN(CC)CCn1c(CCOC)nc2sc(C(=O)O)c(C)c2c1=O. The van der Waals surface area contributed by atoms with Gasteiger partial charge in [-0.1, -0.05) is 13.8 Å². The fraction of sp³-hybridized carbons (Fsp3) is 0.588. The normalized spacial score (nSPS) is 11.6. The van der Waals surface area contributed by atoms with Crippen LogP contribution < -0.4 is 5.56 Å². The fourth-order valence-corrected chi connectivity index (χ4v) is 3.89. The summed E-state index contributed by atoms with van der Waals surface area (Å²) in [5, 5.41) is 9.74. The van der Waals surface area contributed by atoms with E-state index in [4.69, 9.17) is 4.74 Å². The molecular formula is C17H25N3O4S. The molecule has 0 aliphatic carbocycles. The van der Waals surface area contributed by atoms with E-state index >= 15 is 0 Å². The highest BCUT2D eigenvalue weighted by Crippen LogP contribution is 2.27. The van der Waals surface area contributed by atoms with E-state index in [9.17, 15) is 14.7 Å². The third kappa shape index (κ3) is 4.08. The average Bonchev–Trinajstić information content (AvgIpc) is 2.92. The Morgan fingerprint density at radius 2 is 2.04 bits per heavy atom. The van der Waals surface area contributed by atoms with Gasteiger partial charge in [0.15, 0.2) is 0 Å². The Hall–Kier alpha value is -1.77. The number of hydrogen-bond donors (Lipinski definition) is 1. The molecule has 0 spiro atoms. The van der Waals surface area contributed by atoms with Crippen LogP contribution in [0.4, 0.5) is 0 Å². The summed E-state index contributed by atoms with van der Waals surface area (Å²) in [5.74, 6) is -0.377. The van der Waals surface area contributed by atoms with Crippen molar-refractivity contribution >= 4 is 27.5 Å². The van der Waals surface area contributed by atoms with Crippen molar-refractivity contribution in [1.29, 1.82) is 0 Å². The molecule has 2 aromatic heterocycles. The Morgan fingerprint density at radius 1 is 1.36 bits per heavy atom. The van der Waals surface area contributed by atoms with E-state index < -0.39 is 5.97 Å². The zero-order valence-corrected chi connectivity index (χ0v) is 16.0. The summed E-state index contributed by atoms with van der Waals surface area (Å²) in [4.78, 5) is 31.9. The van der Waals surface area contributed by atoms with Crippen LogP contribution in [0.3, 0.4) is 0 Å². The number of rotatable bonds is 9. The molecule has 7 nitrogen and oxygen atoms in total. The first kappa shape index (κ1) is 19.6. The molecule has 0 fully saturated rings. The molecule has 138 valence electrons. The maximum atomic E-state index is 13.0. The minimum atomic E-state index is -1.02. The second-order valence-corrected chi connectivity index (χ2v) is 6.80. The van der Waals surface area contributed by atoms with Crippen LogP contribution in [-0.2, 0) is 17.7 Å². The number of thiophene rings is 1. The van der Waals surface area contributed by atoms with Gasteiger partial charge in [0.05, 0.1) is 12.0 Å². The van der Waals surface area contributed by atoms with Crippen LogP contribution in [0.2, 0.25) is 0 Å². The van der Waals surface area contributed by atoms with Gasteiger partial charge in [-0.05, 0) is 25.6 Å². The molecule has 0 aromatic carbocycles. The number of carbonyl (C=O) groups is 1. The lowest BCUT2D eigenvalue weighted by molar-refractivity contribution is 0.0701. The number of methoxy groups -OCH3 is 1. The number of likely N-dealkylation sites (N-methyl/N-ethyl adjacent to an activating group) is 1. The number of aromatic carboxylic acids is 1. The molecule has 0 atom stereocenters. The molecule has 8 heteroatoms. The largest absolute Gasteiger partial charge is 0.477 e. The Kier molecular flexibility index (Phi) is 6.69. The predicted octanol–water partition coefficient (Wildman–Crippen LogP) is 2.00. The smallest absolute Gasteiger partial charge is 0.346 e. The zero-order valence-electron chi connectivity index (χ0n) is 15.2. The molecule has 0 aliphatic rings. The van der Waals surface area contributed by atoms with E-state index in [2.05, 4.69) is 23.7 Å². The van der Waals surface area contributed by atoms with E-state index in [-0.39, 0.29) is 10.4 Å². The van der Waals surface area contributed by atoms with Crippen molar-refractivity contribution in [3.05, 3.63) is 26.6 Å². The first-order valence-electron chi connectivity index (χ1n) is 8.41. The summed E-state index contributed by atoms with van der Waals surface area (Å²) in [6.45, 7) is 9.40. The van der Waals surface area contributed by atoms with E-state index in [1.54, 1.807) is 18.6 Å². The quantitative estimate of drug-likeness (QED) is 0.730. The number of fused-ring (bicyclic) bond motifs is 1.